The smallest absolute Gasteiger partial charge is 0.0701 e. The molecule has 0 aliphatic carbocycles. The highest BCUT2D eigenvalue weighted by Crippen LogP contribution is 2.27. The van der Waals surface area contributed by atoms with Crippen LogP contribution in [-0.4, -0.2) is 31.1 Å². The summed E-state index contributed by atoms with van der Waals surface area (Å²) >= 11 is 5.33. The molecule has 4 heteroatoms. The number of nitrogens with one attached hydrogen (secondary N) is 1. The molecule has 84 valence electrons. The number of thiophene rings is 1. The highest BCUT2D eigenvalue weighted by molar-refractivity contribution is 9.11. The Morgan fingerprint density at radius 2 is 2.40 bits per heavy atom. The first kappa shape index (κ1) is 11.6. The van der Waals surface area contributed by atoms with Gasteiger partial charge < -0.3 is 10.2 Å². The van der Waals surface area contributed by atoms with Gasteiger partial charge in [-0.15, -0.1) is 11.3 Å². The minimum absolute atomic E-state index is 0.470. The number of nitrogens with zero attached hydrogens (tertiary/aromatic N) is 1. The van der Waals surface area contributed by atoms with Crippen LogP contribution in [0.1, 0.15) is 24.3 Å². The molecule has 1 aromatic heterocycles. The average molecular weight is 289 g/mol. The van der Waals surface area contributed by atoms with Gasteiger partial charge in [0.05, 0.1) is 3.79 Å². The van der Waals surface area contributed by atoms with Crippen molar-refractivity contribution in [1.29, 1.82) is 0 Å². The summed E-state index contributed by atoms with van der Waals surface area (Å²) in [5, 5.41) is 3.69. The van der Waals surface area contributed by atoms with Crippen molar-refractivity contribution in [3.63, 3.8) is 0 Å². The predicted molar refractivity (Wildman–Crippen MR) is 69.5 cm³/mol. The molecule has 1 aromatic rings. The summed E-state index contributed by atoms with van der Waals surface area (Å²) in [6.07, 6.45) is 1.27. The zero-order chi connectivity index (χ0) is 10.8. The molecule has 15 heavy (non-hydrogen) atoms. The Morgan fingerprint density at radius 3 is 2.93 bits per heavy atom. The van der Waals surface area contributed by atoms with Crippen molar-refractivity contribution in [3.05, 3.63) is 20.8 Å². The molecule has 1 saturated heterocycles. The minimum atomic E-state index is 0.470. The summed E-state index contributed by atoms with van der Waals surface area (Å²) in [4.78, 5) is 3.80. The van der Waals surface area contributed by atoms with E-state index in [2.05, 4.69) is 52.3 Å². The molecule has 0 radical (unpaired) electrons. The van der Waals surface area contributed by atoms with E-state index in [4.69, 9.17) is 0 Å². The third-order valence-electron chi connectivity index (χ3n) is 2.90. The van der Waals surface area contributed by atoms with Gasteiger partial charge in [-0.3, -0.25) is 0 Å². The zero-order valence-corrected chi connectivity index (χ0v) is 11.6. The van der Waals surface area contributed by atoms with Gasteiger partial charge >= 0.3 is 0 Å². The van der Waals surface area contributed by atoms with Crippen molar-refractivity contribution in [2.24, 2.45) is 0 Å². The number of rotatable bonds is 3. The van der Waals surface area contributed by atoms with Gasteiger partial charge in [-0.25, -0.2) is 0 Å². The molecule has 1 aliphatic rings. The fourth-order valence-corrected chi connectivity index (χ4v) is 3.50. The molecule has 1 fully saturated rings. The summed E-state index contributed by atoms with van der Waals surface area (Å²) in [5.41, 5.74) is 0. The van der Waals surface area contributed by atoms with Gasteiger partial charge in [-0.1, -0.05) is 0 Å². The molecule has 0 saturated carbocycles. The molecule has 2 atom stereocenters. The molecule has 2 nitrogen and oxygen atoms in total. The van der Waals surface area contributed by atoms with Gasteiger partial charge in [0.25, 0.3) is 0 Å². The van der Waals surface area contributed by atoms with Crippen molar-refractivity contribution in [3.8, 4) is 0 Å². The molecule has 1 N–H and O–H groups in total. The molecule has 2 rings (SSSR count). The topological polar surface area (TPSA) is 15.3 Å². The lowest BCUT2D eigenvalue weighted by Gasteiger charge is -2.18. The molecule has 1 aliphatic heterocycles. The Hall–Kier alpha value is 0.1000. The molecule has 0 aromatic carbocycles. The van der Waals surface area contributed by atoms with Crippen LogP contribution in [0.25, 0.3) is 0 Å². The number of hydrogen-bond acceptors (Lipinski definition) is 3. The average Bonchev–Trinajstić information content (AvgIpc) is 2.75. The SMILES string of the molecule is C[C@@H](N[C@@H]1CCN(C)C1)c1ccc(Br)s1. The lowest BCUT2D eigenvalue weighted by atomic mass is 10.2. The third kappa shape index (κ3) is 3.03. The van der Waals surface area contributed by atoms with Crippen LogP contribution in [0.15, 0.2) is 15.9 Å². The summed E-state index contributed by atoms with van der Waals surface area (Å²) in [7, 11) is 2.19. The van der Waals surface area contributed by atoms with Crippen molar-refractivity contribution in [1.82, 2.24) is 10.2 Å². The van der Waals surface area contributed by atoms with E-state index in [1.807, 2.05) is 11.3 Å². The van der Waals surface area contributed by atoms with Gasteiger partial charge in [0.2, 0.25) is 0 Å². The van der Waals surface area contributed by atoms with Crippen LogP contribution in [0, 0.1) is 0 Å². The molecule has 0 unspecified atom stereocenters. The van der Waals surface area contributed by atoms with Crippen LogP contribution in [0.2, 0.25) is 0 Å². The molecule has 2 heterocycles. The molecule has 0 spiro atoms. The molecule has 0 amide bonds. The maximum Gasteiger partial charge on any atom is 0.0701 e. The predicted octanol–water partition coefficient (Wildman–Crippen LogP) is 2.87. The summed E-state index contributed by atoms with van der Waals surface area (Å²) in [5.74, 6) is 0. The second-order valence-corrected chi connectivity index (χ2v) is 6.77. The first-order valence-corrected chi connectivity index (χ1v) is 6.96. The van der Waals surface area contributed by atoms with Crippen molar-refractivity contribution >= 4 is 27.3 Å². The van der Waals surface area contributed by atoms with E-state index in [0.717, 1.165) is 0 Å². The Bertz CT molecular complexity index is 326. The number of likely N-dealkylation sites (N-methyl/N-ethyl adjacent to an activating group) is 1. The first-order valence-electron chi connectivity index (χ1n) is 5.35. The fourth-order valence-electron chi connectivity index (χ4n) is 2.07. The van der Waals surface area contributed by atoms with E-state index >= 15 is 0 Å². The second-order valence-electron chi connectivity index (χ2n) is 4.28. The van der Waals surface area contributed by atoms with Crippen LogP contribution in [0.4, 0.5) is 0 Å². The van der Waals surface area contributed by atoms with Crippen LogP contribution in [-0.2, 0) is 0 Å². The van der Waals surface area contributed by atoms with Gasteiger partial charge in [0.15, 0.2) is 0 Å². The van der Waals surface area contributed by atoms with E-state index < -0.39 is 0 Å². The van der Waals surface area contributed by atoms with Gasteiger partial charge in [-0.2, -0.15) is 0 Å². The van der Waals surface area contributed by atoms with Crippen LogP contribution in [0.5, 0.6) is 0 Å². The normalized spacial score (nSPS) is 24.6. The van der Waals surface area contributed by atoms with Gasteiger partial charge in [-0.05, 0) is 55.0 Å². The molecule has 0 bridgehead atoms. The molecular weight excluding hydrogens is 272 g/mol. The van der Waals surface area contributed by atoms with Crippen molar-refractivity contribution in [2.75, 3.05) is 20.1 Å². The van der Waals surface area contributed by atoms with E-state index in [9.17, 15) is 0 Å². The van der Waals surface area contributed by atoms with Gasteiger partial charge in [0.1, 0.15) is 0 Å². The van der Waals surface area contributed by atoms with Gasteiger partial charge in [0, 0.05) is 23.5 Å². The second kappa shape index (κ2) is 4.95. The standard InChI is InChI=1S/C11H17BrN2S/c1-8(10-3-4-11(12)15-10)13-9-5-6-14(2)7-9/h3-4,8-9,13H,5-7H2,1-2H3/t8-,9-/m1/s1. The Labute approximate surface area is 104 Å². The Kier molecular flexibility index (Phi) is 3.83. The highest BCUT2D eigenvalue weighted by Gasteiger charge is 2.21. The Balaban J connectivity index is 1.89. The largest absolute Gasteiger partial charge is 0.305 e. The lowest BCUT2D eigenvalue weighted by Crippen LogP contribution is -2.33. The fraction of sp³-hybridized carbons (Fsp3) is 0.636. The first-order chi connectivity index (χ1) is 7.15. The number of hydrogen-bond donors (Lipinski definition) is 1. The number of likely N-dealkylation sites (tertiary alicyclic amines) is 1. The third-order valence-corrected chi connectivity index (χ3v) is 4.70. The van der Waals surface area contributed by atoms with E-state index in [0.29, 0.717) is 12.1 Å². The minimum Gasteiger partial charge on any atom is -0.305 e. The monoisotopic (exact) mass is 288 g/mol. The van der Waals surface area contributed by atoms with Crippen LogP contribution >= 0.6 is 27.3 Å². The highest BCUT2D eigenvalue weighted by atomic mass is 79.9. The zero-order valence-electron chi connectivity index (χ0n) is 9.16. The summed E-state index contributed by atoms with van der Waals surface area (Å²) < 4.78 is 1.22. The van der Waals surface area contributed by atoms with E-state index in [-0.39, 0.29) is 0 Å². The lowest BCUT2D eigenvalue weighted by molar-refractivity contribution is 0.388. The van der Waals surface area contributed by atoms with E-state index in [1.165, 1.54) is 28.2 Å². The Morgan fingerprint density at radius 1 is 1.60 bits per heavy atom. The quantitative estimate of drug-likeness (QED) is 0.920. The van der Waals surface area contributed by atoms with Crippen LogP contribution < -0.4 is 5.32 Å². The summed E-state index contributed by atoms with van der Waals surface area (Å²) in [6.45, 7) is 4.64. The maximum absolute atomic E-state index is 3.69. The van der Waals surface area contributed by atoms with Crippen molar-refractivity contribution < 1.29 is 0 Å². The van der Waals surface area contributed by atoms with E-state index in [1.54, 1.807) is 0 Å². The summed E-state index contributed by atoms with van der Waals surface area (Å²) in [6, 6.07) is 5.45. The van der Waals surface area contributed by atoms with Crippen LogP contribution in [0.3, 0.4) is 0 Å². The van der Waals surface area contributed by atoms with Crippen molar-refractivity contribution in [2.45, 2.75) is 25.4 Å². The number of halogens is 1. The molecular formula is C11H17BrN2S. The maximum atomic E-state index is 3.69.